The van der Waals surface area contributed by atoms with E-state index in [0.29, 0.717) is 12.1 Å². The van der Waals surface area contributed by atoms with E-state index in [1.54, 1.807) is 12.1 Å². The Bertz CT molecular complexity index is 570. The van der Waals surface area contributed by atoms with E-state index in [0.717, 1.165) is 17.1 Å². The maximum atomic E-state index is 13.1. The Kier molecular flexibility index (Phi) is 3.46. The second kappa shape index (κ2) is 5.04. The van der Waals surface area contributed by atoms with Gasteiger partial charge in [-0.25, -0.2) is 4.39 Å². The number of nitrogens with one attached hydrogen (secondary N) is 1. The summed E-state index contributed by atoms with van der Waals surface area (Å²) in [7, 11) is 0. The summed E-state index contributed by atoms with van der Waals surface area (Å²) in [5.74, 6) is -0.907. The van der Waals surface area contributed by atoms with Gasteiger partial charge in [0.1, 0.15) is 0 Å². The van der Waals surface area contributed by atoms with Crippen LogP contribution in [0.3, 0.4) is 0 Å². The number of para-hydroxylation sites is 1. The summed E-state index contributed by atoms with van der Waals surface area (Å²) in [4.78, 5) is 4.33. The van der Waals surface area contributed by atoms with Gasteiger partial charge in [-0.2, -0.15) is 0 Å². The molecule has 0 fully saturated rings. The fourth-order valence-corrected chi connectivity index (χ4v) is 1.77. The number of aromatic nitrogens is 1. The van der Waals surface area contributed by atoms with Gasteiger partial charge >= 0.3 is 0 Å². The number of aromatic hydroxyl groups is 1. The van der Waals surface area contributed by atoms with Crippen LogP contribution >= 0.6 is 0 Å². The molecule has 94 valence electrons. The van der Waals surface area contributed by atoms with Gasteiger partial charge in [0.25, 0.3) is 0 Å². The van der Waals surface area contributed by atoms with Crippen LogP contribution in [0.25, 0.3) is 0 Å². The maximum absolute atomic E-state index is 13.1. The number of anilines is 1. The molecule has 1 aromatic heterocycles. The van der Waals surface area contributed by atoms with Gasteiger partial charge in [-0.15, -0.1) is 0 Å². The van der Waals surface area contributed by atoms with Crippen molar-refractivity contribution in [3.05, 3.63) is 53.1 Å². The van der Waals surface area contributed by atoms with E-state index < -0.39 is 5.82 Å². The molecule has 2 aromatic rings. The number of rotatable bonds is 3. The summed E-state index contributed by atoms with van der Waals surface area (Å²) >= 11 is 0. The van der Waals surface area contributed by atoms with Gasteiger partial charge < -0.3 is 10.4 Å². The summed E-state index contributed by atoms with van der Waals surface area (Å²) in [5.41, 5.74) is 3.23. The van der Waals surface area contributed by atoms with Crippen molar-refractivity contribution >= 4 is 5.69 Å². The van der Waals surface area contributed by atoms with Crippen LogP contribution in [0, 0.1) is 19.7 Å². The lowest BCUT2D eigenvalue weighted by molar-refractivity contribution is 0.427. The summed E-state index contributed by atoms with van der Waals surface area (Å²) in [6.07, 6.45) is 0. The van der Waals surface area contributed by atoms with Crippen molar-refractivity contribution in [3.63, 3.8) is 0 Å². The Hall–Kier alpha value is -2.10. The van der Waals surface area contributed by atoms with Crippen molar-refractivity contribution in [2.45, 2.75) is 20.4 Å². The minimum absolute atomic E-state index is 0.303. The summed E-state index contributed by atoms with van der Waals surface area (Å²) in [6.45, 7) is 4.19. The average molecular weight is 246 g/mol. The first kappa shape index (κ1) is 12.4. The molecule has 1 aromatic carbocycles. The third kappa shape index (κ3) is 2.59. The minimum atomic E-state index is -0.604. The van der Waals surface area contributed by atoms with Gasteiger partial charge in [0.15, 0.2) is 11.6 Å². The van der Waals surface area contributed by atoms with E-state index in [2.05, 4.69) is 10.3 Å². The Morgan fingerprint density at radius 3 is 2.72 bits per heavy atom. The molecular formula is C14H15FN2O. The van der Waals surface area contributed by atoms with Crippen LogP contribution in [0.4, 0.5) is 10.1 Å². The van der Waals surface area contributed by atoms with Gasteiger partial charge in [-0.05, 0) is 32.0 Å². The first-order valence-corrected chi connectivity index (χ1v) is 5.72. The van der Waals surface area contributed by atoms with Crippen LogP contribution in [0.5, 0.6) is 5.75 Å². The highest BCUT2D eigenvalue weighted by molar-refractivity contribution is 5.49. The highest BCUT2D eigenvalue weighted by Crippen LogP contribution is 2.22. The molecule has 0 aliphatic rings. The molecule has 2 rings (SSSR count). The van der Waals surface area contributed by atoms with Crippen molar-refractivity contribution in [2.24, 2.45) is 0 Å². The molecule has 0 aliphatic heterocycles. The Morgan fingerprint density at radius 1 is 1.22 bits per heavy atom. The first-order valence-electron chi connectivity index (χ1n) is 5.72. The monoisotopic (exact) mass is 246 g/mol. The fourth-order valence-electron chi connectivity index (χ4n) is 1.77. The van der Waals surface area contributed by atoms with Crippen LogP contribution < -0.4 is 5.32 Å². The van der Waals surface area contributed by atoms with Crippen LogP contribution in [0.2, 0.25) is 0 Å². The lowest BCUT2D eigenvalue weighted by Crippen LogP contribution is -2.03. The zero-order valence-electron chi connectivity index (χ0n) is 10.4. The van der Waals surface area contributed by atoms with Crippen molar-refractivity contribution in [3.8, 4) is 5.75 Å². The van der Waals surface area contributed by atoms with E-state index >= 15 is 0 Å². The zero-order valence-corrected chi connectivity index (χ0v) is 10.4. The van der Waals surface area contributed by atoms with Crippen molar-refractivity contribution < 1.29 is 9.50 Å². The van der Waals surface area contributed by atoms with Crippen LogP contribution in [-0.4, -0.2) is 10.1 Å². The predicted octanol–water partition coefficient (Wildman–Crippen LogP) is 3.16. The van der Waals surface area contributed by atoms with Gasteiger partial charge in [0, 0.05) is 17.8 Å². The lowest BCUT2D eigenvalue weighted by atomic mass is 10.2. The Balaban J connectivity index is 2.14. The molecular weight excluding hydrogens is 231 g/mol. The van der Waals surface area contributed by atoms with E-state index in [-0.39, 0.29) is 5.75 Å². The SMILES string of the molecule is Cc1ccc(NCc2cccc(F)c2O)c(C)n1. The number of nitrogens with zero attached hydrogens (tertiary/aromatic N) is 1. The number of aryl methyl sites for hydroxylation is 2. The highest BCUT2D eigenvalue weighted by atomic mass is 19.1. The predicted molar refractivity (Wildman–Crippen MR) is 69.1 cm³/mol. The number of pyridine rings is 1. The summed E-state index contributed by atoms with van der Waals surface area (Å²) < 4.78 is 13.1. The molecule has 0 spiro atoms. The fraction of sp³-hybridized carbons (Fsp3) is 0.214. The lowest BCUT2D eigenvalue weighted by Gasteiger charge is -2.10. The summed E-state index contributed by atoms with van der Waals surface area (Å²) in [6, 6.07) is 8.32. The van der Waals surface area contributed by atoms with Gasteiger partial charge in [-0.1, -0.05) is 12.1 Å². The van der Waals surface area contributed by atoms with Crippen LogP contribution in [-0.2, 0) is 6.54 Å². The molecule has 0 saturated carbocycles. The minimum Gasteiger partial charge on any atom is -0.505 e. The van der Waals surface area contributed by atoms with Gasteiger partial charge in [0.05, 0.1) is 11.4 Å². The Labute approximate surface area is 105 Å². The third-order valence-corrected chi connectivity index (χ3v) is 2.76. The standard InChI is InChI=1S/C14H15FN2O/c1-9-6-7-13(10(2)17-9)16-8-11-4-3-5-12(15)14(11)18/h3-7,16,18H,8H2,1-2H3. The van der Waals surface area contributed by atoms with Crippen molar-refractivity contribution in [2.75, 3.05) is 5.32 Å². The number of phenols is 1. The molecule has 0 amide bonds. The number of phenolic OH excluding ortho intramolecular Hbond substituents is 1. The number of hydrogen-bond acceptors (Lipinski definition) is 3. The molecule has 0 aliphatic carbocycles. The average Bonchev–Trinajstić information content (AvgIpc) is 2.33. The largest absolute Gasteiger partial charge is 0.505 e. The number of halogens is 1. The summed E-state index contributed by atoms with van der Waals surface area (Å²) in [5, 5.41) is 12.7. The molecule has 0 atom stereocenters. The normalized spacial score (nSPS) is 10.4. The topological polar surface area (TPSA) is 45.1 Å². The Morgan fingerprint density at radius 2 is 2.00 bits per heavy atom. The molecule has 18 heavy (non-hydrogen) atoms. The van der Waals surface area contributed by atoms with Crippen LogP contribution in [0.15, 0.2) is 30.3 Å². The molecule has 0 saturated heterocycles. The molecule has 0 radical (unpaired) electrons. The maximum Gasteiger partial charge on any atom is 0.165 e. The van der Waals surface area contributed by atoms with E-state index in [4.69, 9.17) is 0 Å². The van der Waals surface area contributed by atoms with Crippen LogP contribution in [0.1, 0.15) is 17.0 Å². The zero-order chi connectivity index (χ0) is 13.1. The first-order chi connectivity index (χ1) is 8.58. The molecule has 0 unspecified atom stereocenters. The molecule has 1 heterocycles. The van der Waals surface area contributed by atoms with Gasteiger partial charge in [0.2, 0.25) is 0 Å². The highest BCUT2D eigenvalue weighted by Gasteiger charge is 2.06. The third-order valence-electron chi connectivity index (χ3n) is 2.76. The molecule has 0 bridgehead atoms. The molecule has 2 N–H and O–H groups in total. The van der Waals surface area contributed by atoms with E-state index in [9.17, 15) is 9.50 Å². The van der Waals surface area contributed by atoms with Gasteiger partial charge in [-0.3, -0.25) is 4.98 Å². The quantitative estimate of drug-likeness (QED) is 0.874. The number of hydrogen-bond donors (Lipinski definition) is 2. The second-order valence-corrected chi connectivity index (χ2v) is 4.19. The second-order valence-electron chi connectivity index (χ2n) is 4.19. The van der Waals surface area contributed by atoms with Crippen molar-refractivity contribution in [1.29, 1.82) is 0 Å². The van der Waals surface area contributed by atoms with E-state index in [1.165, 1.54) is 6.07 Å². The molecule has 3 nitrogen and oxygen atoms in total. The van der Waals surface area contributed by atoms with Crippen molar-refractivity contribution in [1.82, 2.24) is 4.98 Å². The smallest absolute Gasteiger partial charge is 0.165 e. The van der Waals surface area contributed by atoms with E-state index in [1.807, 2.05) is 26.0 Å². The number of benzene rings is 1. The molecule has 4 heteroatoms.